The molecule has 1 aliphatic heterocycles. The Labute approximate surface area is 148 Å². The molecule has 1 heterocycles. The number of carboxylic acids is 1. The number of carboxylic acid groups (broad SMARTS) is 1. The zero-order valence-corrected chi connectivity index (χ0v) is 15.2. The molecule has 25 heavy (non-hydrogen) atoms. The van der Waals surface area contributed by atoms with E-state index in [1.807, 2.05) is 70.0 Å². The minimum absolute atomic E-state index is 0.161. The molecule has 0 aromatic heterocycles. The zero-order valence-electron chi connectivity index (χ0n) is 14.2. The molecule has 1 fully saturated rings. The Morgan fingerprint density at radius 1 is 1.00 bits per heavy atom. The van der Waals surface area contributed by atoms with Crippen LogP contribution in [0.15, 0.2) is 72.1 Å². The van der Waals surface area contributed by atoms with Crippen molar-refractivity contribution in [2.45, 2.75) is 13.3 Å². The third-order valence-corrected chi connectivity index (χ3v) is 8.35. The summed E-state index contributed by atoms with van der Waals surface area (Å²) in [5.41, 5.74) is 1.83. The summed E-state index contributed by atoms with van der Waals surface area (Å²) < 4.78 is 4.00. The van der Waals surface area contributed by atoms with Crippen LogP contribution in [0.2, 0.25) is 0 Å². The van der Waals surface area contributed by atoms with Crippen molar-refractivity contribution in [1.29, 1.82) is 0 Å². The Bertz CT molecular complexity index is 717. The Kier molecular flexibility index (Phi) is 5.07. The molecular formula is C19H23N2O3P. The third kappa shape index (κ3) is 3.26. The Morgan fingerprint density at radius 3 is 1.80 bits per heavy atom. The minimum atomic E-state index is -3.37. The SMILES string of the molecule is C/C=C(/CC(=O)O)[PH]1(O)N(c2ccccc2)CCN1c1ccccc1. The molecule has 132 valence electrons. The van der Waals surface area contributed by atoms with Crippen molar-refractivity contribution in [1.82, 2.24) is 0 Å². The average molecular weight is 358 g/mol. The first kappa shape index (κ1) is 17.5. The summed E-state index contributed by atoms with van der Waals surface area (Å²) >= 11 is 0. The summed E-state index contributed by atoms with van der Waals surface area (Å²) in [5.74, 6) is -0.929. The molecule has 0 unspecified atom stereocenters. The van der Waals surface area contributed by atoms with Crippen LogP contribution in [0.1, 0.15) is 13.3 Å². The average Bonchev–Trinajstić information content (AvgIpc) is 2.99. The summed E-state index contributed by atoms with van der Waals surface area (Å²) in [7, 11) is -3.37. The van der Waals surface area contributed by atoms with Gasteiger partial charge in [0.25, 0.3) is 0 Å². The van der Waals surface area contributed by atoms with Gasteiger partial charge in [-0.25, -0.2) is 0 Å². The second-order valence-corrected chi connectivity index (χ2v) is 8.99. The first-order valence-electron chi connectivity index (χ1n) is 8.32. The van der Waals surface area contributed by atoms with E-state index in [0.717, 1.165) is 11.4 Å². The Hall–Kier alpha value is -2.36. The number of aliphatic carboxylic acids is 1. The molecule has 5 nitrogen and oxygen atoms in total. The molecule has 0 saturated carbocycles. The molecule has 2 aromatic carbocycles. The van der Waals surface area contributed by atoms with Crippen LogP contribution in [0.4, 0.5) is 11.4 Å². The number of hydrogen-bond acceptors (Lipinski definition) is 4. The molecule has 3 rings (SSSR count). The Balaban J connectivity index is 2.10. The molecular weight excluding hydrogens is 335 g/mol. The molecule has 0 radical (unpaired) electrons. The van der Waals surface area contributed by atoms with Crippen LogP contribution in [0.3, 0.4) is 0 Å². The fourth-order valence-corrected chi connectivity index (χ4v) is 7.02. The van der Waals surface area contributed by atoms with Gasteiger partial charge in [-0.1, -0.05) is 0 Å². The molecule has 0 spiro atoms. The standard InChI is InChI=1S/C19H23N2O3P/c1-2-18(15-19(22)23)25(24)20(16-9-5-3-6-10-16)13-14-21(25)17-11-7-4-8-12-17/h2-12,24-25H,13-15H2,1H3,(H,22,23)/b18-2-. The number of hydrogen-bond donors (Lipinski definition) is 2. The van der Waals surface area contributed by atoms with Gasteiger partial charge in [0, 0.05) is 0 Å². The molecule has 6 heteroatoms. The molecule has 0 bridgehead atoms. The number of nitrogens with zero attached hydrogens (tertiary/aromatic N) is 2. The molecule has 1 aliphatic rings. The first-order valence-corrected chi connectivity index (χ1v) is 10.2. The third-order valence-electron chi connectivity index (χ3n) is 4.56. The molecule has 0 aliphatic carbocycles. The molecule has 2 aromatic rings. The predicted molar refractivity (Wildman–Crippen MR) is 104 cm³/mol. The summed E-state index contributed by atoms with van der Waals surface area (Å²) in [4.78, 5) is 23.3. The van der Waals surface area contributed by atoms with E-state index in [4.69, 9.17) is 0 Å². The normalized spacial score (nSPS) is 18.2. The van der Waals surface area contributed by atoms with E-state index in [-0.39, 0.29) is 6.42 Å². The van der Waals surface area contributed by atoms with E-state index in [0.29, 0.717) is 18.4 Å². The van der Waals surface area contributed by atoms with Gasteiger partial charge in [0.05, 0.1) is 0 Å². The van der Waals surface area contributed by atoms with E-state index in [1.54, 1.807) is 13.0 Å². The summed E-state index contributed by atoms with van der Waals surface area (Å²) in [6, 6.07) is 19.4. The fraction of sp³-hybridized carbons (Fsp3) is 0.211. The van der Waals surface area contributed by atoms with Crippen LogP contribution in [-0.4, -0.2) is 29.1 Å². The second-order valence-electron chi connectivity index (χ2n) is 5.99. The van der Waals surface area contributed by atoms with Gasteiger partial charge in [0.2, 0.25) is 0 Å². The van der Waals surface area contributed by atoms with Gasteiger partial charge in [-0.2, -0.15) is 0 Å². The molecule has 1 saturated heterocycles. The molecule has 2 N–H and O–H groups in total. The number of allylic oxidation sites excluding steroid dienone is 1. The van der Waals surface area contributed by atoms with Crippen molar-refractivity contribution in [3.8, 4) is 0 Å². The van der Waals surface area contributed by atoms with Crippen molar-refractivity contribution in [3.63, 3.8) is 0 Å². The van der Waals surface area contributed by atoms with E-state index in [1.165, 1.54) is 0 Å². The topological polar surface area (TPSA) is 64.0 Å². The van der Waals surface area contributed by atoms with Crippen LogP contribution < -0.4 is 9.34 Å². The number of carbonyl (C=O) groups is 1. The predicted octanol–water partition coefficient (Wildman–Crippen LogP) is 3.88. The fourth-order valence-electron chi connectivity index (χ4n) is 3.42. The summed E-state index contributed by atoms with van der Waals surface area (Å²) in [6.45, 7) is 3.10. The quantitative estimate of drug-likeness (QED) is 0.794. The number of para-hydroxylation sites is 2. The molecule has 0 atom stereocenters. The van der Waals surface area contributed by atoms with Gasteiger partial charge in [-0.3, -0.25) is 0 Å². The van der Waals surface area contributed by atoms with E-state index < -0.39 is 13.8 Å². The summed E-state index contributed by atoms with van der Waals surface area (Å²) in [5, 5.41) is 9.92. The van der Waals surface area contributed by atoms with Crippen molar-refractivity contribution < 1.29 is 14.8 Å². The van der Waals surface area contributed by atoms with Gasteiger partial charge < -0.3 is 0 Å². The van der Waals surface area contributed by atoms with Crippen molar-refractivity contribution in [2.24, 2.45) is 0 Å². The zero-order chi connectivity index (χ0) is 17.9. The van der Waals surface area contributed by atoms with Crippen molar-refractivity contribution in [2.75, 3.05) is 22.4 Å². The van der Waals surface area contributed by atoms with Crippen LogP contribution >= 0.6 is 7.79 Å². The molecule has 0 amide bonds. The maximum absolute atomic E-state index is 11.9. The van der Waals surface area contributed by atoms with Gasteiger partial charge in [0.15, 0.2) is 0 Å². The van der Waals surface area contributed by atoms with Crippen LogP contribution in [0.25, 0.3) is 0 Å². The first-order chi connectivity index (χ1) is 12.1. The van der Waals surface area contributed by atoms with Gasteiger partial charge in [0.1, 0.15) is 0 Å². The maximum atomic E-state index is 11.9. The van der Waals surface area contributed by atoms with E-state index >= 15 is 0 Å². The summed E-state index contributed by atoms with van der Waals surface area (Å²) in [6.07, 6.45) is 1.60. The van der Waals surface area contributed by atoms with Crippen molar-refractivity contribution in [3.05, 3.63) is 72.1 Å². The van der Waals surface area contributed by atoms with Crippen molar-refractivity contribution >= 4 is 25.1 Å². The number of anilines is 2. The van der Waals surface area contributed by atoms with Gasteiger partial charge in [-0.05, 0) is 0 Å². The van der Waals surface area contributed by atoms with E-state index in [2.05, 4.69) is 0 Å². The number of benzene rings is 2. The van der Waals surface area contributed by atoms with Gasteiger partial charge >= 0.3 is 148 Å². The van der Waals surface area contributed by atoms with Crippen LogP contribution in [0, 0.1) is 0 Å². The van der Waals surface area contributed by atoms with E-state index in [9.17, 15) is 14.8 Å². The van der Waals surface area contributed by atoms with Gasteiger partial charge in [-0.15, -0.1) is 0 Å². The second kappa shape index (κ2) is 7.26. The van der Waals surface area contributed by atoms with Crippen LogP contribution in [-0.2, 0) is 4.79 Å². The number of rotatable bonds is 5. The Morgan fingerprint density at radius 2 is 1.44 bits per heavy atom. The van der Waals surface area contributed by atoms with Crippen LogP contribution in [0.5, 0.6) is 0 Å². The monoisotopic (exact) mass is 358 g/mol.